The molecule has 1 atom stereocenters. The fourth-order valence-corrected chi connectivity index (χ4v) is 3.58. The van der Waals surface area contributed by atoms with Crippen LogP contribution in [0.25, 0.3) is 0 Å². The second-order valence-corrected chi connectivity index (χ2v) is 6.17. The average Bonchev–Trinajstić information content (AvgIpc) is 3.07. The lowest BCUT2D eigenvalue weighted by atomic mass is 10.0. The Kier molecular flexibility index (Phi) is 4.26. The van der Waals surface area contributed by atoms with Crippen molar-refractivity contribution in [1.82, 2.24) is 20.0 Å². The Bertz CT molecular complexity index is 506. The summed E-state index contributed by atoms with van der Waals surface area (Å²) < 4.78 is 1.74. The molecule has 0 aromatic carbocycles. The van der Waals surface area contributed by atoms with E-state index in [0.29, 0.717) is 6.04 Å². The van der Waals surface area contributed by atoms with E-state index in [0.717, 1.165) is 56.7 Å². The summed E-state index contributed by atoms with van der Waals surface area (Å²) in [4.78, 5) is 15.0. The summed E-state index contributed by atoms with van der Waals surface area (Å²) in [5.74, 6) is 0.127. The molecule has 0 radical (unpaired) electrons. The minimum atomic E-state index is 0.0210. The molecule has 1 amide bonds. The Morgan fingerprint density at radius 2 is 2.14 bits per heavy atom. The normalized spacial score (nSPS) is 24.4. The SMILES string of the molecule is Cc1nn(C)cc1NC(=O)C1CCCN1C1CCNCC1. The fourth-order valence-electron chi connectivity index (χ4n) is 3.58. The van der Waals surface area contributed by atoms with Gasteiger partial charge in [0.25, 0.3) is 0 Å². The number of carbonyl (C=O) groups is 1. The van der Waals surface area contributed by atoms with Crippen LogP contribution in [0.1, 0.15) is 31.4 Å². The first-order valence-electron chi connectivity index (χ1n) is 7.92. The molecule has 21 heavy (non-hydrogen) atoms. The Balaban J connectivity index is 1.66. The molecule has 6 nitrogen and oxygen atoms in total. The number of carbonyl (C=O) groups excluding carboxylic acids is 1. The summed E-state index contributed by atoms with van der Waals surface area (Å²) in [6.45, 7) is 5.11. The summed E-state index contributed by atoms with van der Waals surface area (Å²) in [7, 11) is 1.87. The molecule has 2 aliphatic heterocycles. The van der Waals surface area contributed by atoms with E-state index in [2.05, 4.69) is 20.6 Å². The van der Waals surface area contributed by atoms with Crippen molar-refractivity contribution in [2.45, 2.75) is 44.7 Å². The number of nitrogens with one attached hydrogen (secondary N) is 2. The zero-order valence-electron chi connectivity index (χ0n) is 12.9. The lowest BCUT2D eigenvalue weighted by Crippen LogP contribution is -2.49. The number of anilines is 1. The average molecular weight is 291 g/mol. The Morgan fingerprint density at radius 3 is 2.81 bits per heavy atom. The molecule has 1 aromatic heterocycles. The highest BCUT2D eigenvalue weighted by molar-refractivity contribution is 5.95. The predicted octanol–water partition coefficient (Wildman–Crippen LogP) is 0.883. The van der Waals surface area contributed by atoms with Gasteiger partial charge >= 0.3 is 0 Å². The van der Waals surface area contributed by atoms with Crippen molar-refractivity contribution in [3.63, 3.8) is 0 Å². The van der Waals surface area contributed by atoms with E-state index >= 15 is 0 Å². The van der Waals surface area contributed by atoms with Gasteiger partial charge in [-0.25, -0.2) is 0 Å². The molecule has 3 rings (SSSR count). The lowest BCUT2D eigenvalue weighted by Gasteiger charge is -2.35. The molecule has 2 N–H and O–H groups in total. The van der Waals surface area contributed by atoms with E-state index in [1.807, 2.05) is 20.2 Å². The number of aryl methyl sites for hydroxylation is 2. The van der Waals surface area contributed by atoms with Crippen LogP contribution in [0.15, 0.2) is 6.20 Å². The third kappa shape index (κ3) is 3.11. The molecule has 0 bridgehead atoms. The summed E-state index contributed by atoms with van der Waals surface area (Å²) in [6.07, 6.45) is 6.26. The minimum Gasteiger partial charge on any atom is -0.322 e. The summed E-state index contributed by atoms with van der Waals surface area (Å²) in [5, 5.41) is 10.7. The van der Waals surface area contributed by atoms with Gasteiger partial charge in [-0.15, -0.1) is 0 Å². The number of nitrogens with zero attached hydrogens (tertiary/aromatic N) is 3. The monoisotopic (exact) mass is 291 g/mol. The second-order valence-electron chi connectivity index (χ2n) is 6.17. The minimum absolute atomic E-state index is 0.0210. The van der Waals surface area contributed by atoms with Crippen molar-refractivity contribution >= 4 is 11.6 Å². The third-order valence-electron chi connectivity index (χ3n) is 4.65. The Morgan fingerprint density at radius 1 is 1.38 bits per heavy atom. The molecule has 1 unspecified atom stereocenters. The number of likely N-dealkylation sites (tertiary alicyclic amines) is 1. The number of aromatic nitrogens is 2. The van der Waals surface area contributed by atoms with E-state index in [4.69, 9.17) is 0 Å². The first-order chi connectivity index (χ1) is 10.1. The highest BCUT2D eigenvalue weighted by Gasteiger charge is 2.35. The van der Waals surface area contributed by atoms with Crippen LogP contribution in [0.2, 0.25) is 0 Å². The molecule has 6 heteroatoms. The molecule has 0 spiro atoms. The maximum absolute atomic E-state index is 12.6. The van der Waals surface area contributed by atoms with E-state index in [-0.39, 0.29) is 11.9 Å². The zero-order chi connectivity index (χ0) is 14.8. The van der Waals surface area contributed by atoms with Crippen LogP contribution in [0.4, 0.5) is 5.69 Å². The largest absolute Gasteiger partial charge is 0.322 e. The van der Waals surface area contributed by atoms with Gasteiger partial charge in [0.1, 0.15) is 0 Å². The zero-order valence-corrected chi connectivity index (χ0v) is 12.9. The second kappa shape index (κ2) is 6.15. The van der Waals surface area contributed by atoms with Crippen molar-refractivity contribution in [2.24, 2.45) is 7.05 Å². The van der Waals surface area contributed by atoms with Crippen LogP contribution in [-0.4, -0.2) is 52.3 Å². The topological polar surface area (TPSA) is 62.2 Å². The molecule has 0 aliphatic carbocycles. The number of piperidine rings is 1. The molecule has 116 valence electrons. The van der Waals surface area contributed by atoms with Crippen LogP contribution < -0.4 is 10.6 Å². The highest BCUT2D eigenvalue weighted by Crippen LogP contribution is 2.25. The molecule has 3 heterocycles. The van der Waals surface area contributed by atoms with Crippen molar-refractivity contribution in [3.8, 4) is 0 Å². The molecule has 2 fully saturated rings. The van der Waals surface area contributed by atoms with E-state index in [1.165, 1.54) is 0 Å². The molecule has 1 aromatic rings. The van der Waals surface area contributed by atoms with Crippen LogP contribution in [0.5, 0.6) is 0 Å². The predicted molar refractivity (Wildman–Crippen MR) is 82.2 cm³/mol. The van der Waals surface area contributed by atoms with Crippen molar-refractivity contribution in [3.05, 3.63) is 11.9 Å². The van der Waals surface area contributed by atoms with Gasteiger partial charge in [0, 0.05) is 19.3 Å². The van der Waals surface area contributed by atoms with Gasteiger partial charge in [-0.05, 0) is 52.2 Å². The number of rotatable bonds is 3. The standard InChI is InChI=1S/C15H25N5O/c1-11-13(10-19(2)18-11)17-15(21)14-4-3-9-20(14)12-5-7-16-8-6-12/h10,12,14,16H,3-9H2,1-2H3,(H,17,21). The van der Waals surface area contributed by atoms with Gasteiger partial charge in [-0.2, -0.15) is 5.10 Å². The van der Waals surface area contributed by atoms with Gasteiger partial charge in [-0.3, -0.25) is 14.4 Å². The maximum Gasteiger partial charge on any atom is 0.241 e. The Labute approximate surface area is 125 Å². The van der Waals surface area contributed by atoms with E-state index < -0.39 is 0 Å². The quantitative estimate of drug-likeness (QED) is 0.868. The maximum atomic E-state index is 12.6. The van der Waals surface area contributed by atoms with Crippen molar-refractivity contribution < 1.29 is 4.79 Å². The van der Waals surface area contributed by atoms with Crippen LogP contribution in [-0.2, 0) is 11.8 Å². The van der Waals surface area contributed by atoms with Crippen molar-refractivity contribution in [1.29, 1.82) is 0 Å². The smallest absolute Gasteiger partial charge is 0.241 e. The highest BCUT2D eigenvalue weighted by atomic mass is 16.2. The molecular formula is C15H25N5O. The van der Waals surface area contributed by atoms with Gasteiger partial charge in [0.05, 0.1) is 17.4 Å². The van der Waals surface area contributed by atoms with E-state index in [9.17, 15) is 4.79 Å². The van der Waals surface area contributed by atoms with Crippen LogP contribution in [0.3, 0.4) is 0 Å². The lowest BCUT2D eigenvalue weighted by molar-refractivity contribution is -0.121. The molecular weight excluding hydrogens is 266 g/mol. The van der Waals surface area contributed by atoms with Gasteiger partial charge in [0.2, 0.25) is 5.91 Å². The molecule has 2 saturated heterocycles. The van der Waals surface area contributed by atoms with Crippen LogP contribution in [0, 0.1) is 6.92 Å². The first kappa shape index (κ1) is 14.5. The van der Waals surface area contributed by atoms with Gasteiger partial charge < -0.3 is 10.6 Å². The van der Waals surface area contributed by atoms with Crippen LogP contribution >= 0.6 is 0 Å². The van der Waals surface area contributed by atoms with E-state index in [1.54, 1.807) is 4.68 Å². The first-order valence-corrected chi connectivity index (χ1v) is 7.92. The van der Waals surface area contributed by atoms with Gasteiger partial charge in [-0.1, -0.05) is 0 Å². The number of hydrogen-bond acceptors (Lipinski definition) is 4. The summed E-state index contributed by atoms with van der Waals surface area (Å²) in [6, 6.07) is 0.576. The molecule has 0 saturated carbocycles. The molecule has 2 aliphatic rings. The van der Waals surface area contributed by atoms with Gasteiger partial charge in [0.15, 0.2) is 0 Å². The Hall–Kier alpha value is -1.40. The fraction of sp³-hybridized carbons (Fsp3) is 0.733. The summed E-state index contributed by atoms with van der Waals surface area (Å²) in [5.41, 5.74) is 1.71. The third-order valence-corrected chi connectivity index (χ3v) is 4.65. The summed E-state index contributed by atoms with van der Waals surface area (Å²) >= 11 is 0. The number of amides is 1. The number of hydrogen-bond donors (Lipinski definition) is 2. The van der Waals surface area contributed by atoms with Crippen molar-refractivity contribution in [2.75, 3.05) is 25.0 Å².